The van der Waals surface area contributed by atoms with E-state index in [-0.39, 0.29) is 0 Å². The minimum atomic E-state index is 0.808. The number of hydrogen-bond acceptors (Lipinski definition) is 1. The maximum atomic E-state index is 4.34. The summed E-state index contributed by atoms with van der Waals surface area (Å²) in [6.45, 7) is 40.3. The Bertz CT molecular complexity index is 832. The van der Waals surface area contributed by atoms with Crippen molar-refractivity contribution in [3.8, 4) is 0 Å². The molecule has 0 saturated heterocycles. The van der Waals surface area contributed by atoms with Crippen LogP contribution in [0.1, 0.15) is 197 Å². The van der Waals surface area contributed by atoms with Crippen molar-refractivity contribution in [1.82, 2.24) is 0 Å². The van der Waals surface area contributed by atoms with E-state index in [1.807, 2.05) is 20.1 Å². The number of aliphatic imine (C=N–C) groups is 1. The molecular formula is C43H81N. The lowest BCUT2D eigenvalue weighted by Crippen LogP contribution is -1.99. The molecule has 0 amide bonds. The largest absolute Gasteiger partial charge is 0.262 e. The molecule has 1 aromatic rings. The number of nitrogens with zero attached hydrogens (tertiary/aromatic N) is 1. The van der Waals surface area contributed by atoms with E-state index in [1.165, 1.54) is 106 Å². The molecule has 0 aromatic heterocycles. The van der Waals surface area contributed by atoms with Gasteiger partial charge in [0.05, 0.1) is 0 Å². The topological polar surface area (TPSA) is 12.4 Å². The van der Waals surface area contributed by atoms with Crippen molar-refractivity contribution in [2.45, 2.75) is 187 Å². The Balaban J connectivity index is -0.000000261. The molecule has 1 aliphatic rings. The summed E-state index contributed by atoms with van der Waals surface area (Å²) in [4.78, 5) is 4.34. The number of rotatable bonds is 9. The van der Waals surface area contributed by atoms with Gasteiger partial charge in [0.1, 0.15) is 0 Å². The van der Waals surface area contributed by atoms with E-state index < -0.39 is 0 Å². The third-order valence-electron chi connectivity index (χ3n) is 7.30. The van der Waals surface area contributed by atoms with Gasteiger partial charge in [0.2, 0.25) is 0 Å². The van der Waals surface area contributed by atoms with Gasteiger partial charge in [-0.2, -0.15) is 0 Å². The summed E-state index contributed by atoms with van der Waals surface area (Å²) in [5, 5.41) is 0. The van der Waals surface area contributed by atoms with Crippen LogP contribution in [0.3, 0.4) is 0 Å². The van der Waals surface area contributed by atoms with Crippen LogP contribution in [0.4, 0.5) is 0 Å². The maximum Gasteiger partial charge on any atom is 0.0348 e. The standard InChI is InChI=1S/C18H23N.C7H14.2C5H12.2C4H10/c1-12(2)17-10-15(7)8-9-16(17)18(13(3)4)11-19-14(5)6;1-7-5-3-2-4-6-7;1-4-5(2)3;1-3-5-4-2;2*1-3-4-2/h8-11H,1,5H2,2-4,6-7H3;7H,2-6H2,1H3;5H,4H2,1-3H3;3-5H2,1-2H3;2*3-4H2,1-2H3. The highest BCUT2D eigenvalue weighted by Crippen LogP contribution is 2.27. The monoisotopic (exact) mass is 612 g/mol. The van der Waals surface area contributed by atoms with Crippen LogP contribution in [-0.2, 0) is 0 Å². The molecule has 0 radical (unpaired) electrons. The van der Waals surface area contributed by atoms with E-state index in [4.69, 9.17) is 0 Å². The second kappa shape index (κ2) is 35.6. The van der Waals surface area contributed by atoms with E-state index in [0.29, 0.717) is 0 Å². The van der Waals surface area contributed by atoms with E-state index in [2.05, 4.69) is 126 Å². The normalized spacial score (nSPS) is 12.0. The van der Waals surface area contributed by atoms with Crippen LogP contribution in [0, 0.1) is 18.8 Å². The van der Waals surface area contributed by atoms with Crippen molar-refractivity contribution in [2.75, 3.05) is 0 Å². The first-order valence-electron chi connectivity index (χ1n) is 18.4. The van der Waals surface area contributed by atoms with Crippen LogP contribution >= 0.6 is 0 Å². The van der Waals surface area contributed by atoms with Crippen molar-refractivity contribution < 1.29 is 0 Å². The quantitative estimate of drug-likeness (QED) is 0.246. The smallest absolute Gasteiger partial charge is 0.0348 e. The second-order valence-electron chi connectivity index (χ2n) is 13.1. The summed E-state index contributed by atoms with van der Waals surface area (Å²) >= 11 is 0. The third-order valence-corrected chi connectivity index (χ3v) is 7.30. The van der Waals surface area contributed by atoms with Gasteiger partial charge in [0, 0.05) is 11.9 Å². The molecule has 1 saturated carbocycles. The predicted octanol–water partition coefficient (Wildman–Crippen LogP) is 15.9. The molecule has 0 spiro atoms. The molecule has 1 aromatic carbocycles. The first-order chi connectivity index (χ1) is 20.7. The van der Waals surface area contributed by atoms with E-state index in [0.717, 1.165) is 28.7 Å². The van der Waals surface area contributed by atoms with E-state index in [1.54, 1.807) is 0 Å². The van der Waals surface area contributed by atoms with Gasteiger partial charge in [0.15, 0.2) is 0 Å². The fourth-order valence-electron chi connectivity index (χ4n) is 3.55. The molecule has 0 aliphatic heterocycles. The summed E-state index contributed by atoms with van der Waals surface area (Å²) in [7, 11) is 0. The van der Waals surface area contributed by atoms with Crippen LogP contribution in [0.15, 0.2) is 47.6 Å². The molecule has 0 N–H and O–H groups in total. The number of hydrogen-bond donors (Lipinski definition) is 0. The second-order valence-corrected chi connectivity index (χ2v) is 13.1. The Morgan fingerprint density at radius 2 is 1.23 bits per heavy atom. The van der Waals surface area contributed by atoms with Crippen molar-refractivity contribution >= 4 is 17.4 Å². The van der Waals surface area contributed by atoms with Gasteiger partial charge in [-0.25, -0.2) is 0 Å². The summed E-state index contributed by atoms with van der Waals surface area (Å²) in [5.74, 6) is 1.92. The van der Waals surface area contributed by atoms with Gasteiger partial charge in [-0.3, -0.25) is 4.99 Å². The van der Waals surface area contributed by atoms with E-state index >= 15 is 0 Å². The zero-order chi connectivity index (χ0) is 34.9. The van der Waals surface area contributed by atoms with Gasteiger partial charge in [0.25, 0.3) is 0 Å². The first-order valence-corrected chi connectivity index (χ1v) is 18.4. The molecule has 258 valence electrons. The summed E-state index contributed by atoms with van der Waals surface area (Å²) < 4.78 is 0. The Morgan fingerprint density at radius 1 is 0.773 bits per heavy atom. The van der Waals surface area contributed by atoms with Crippen molar-refractivity contribution in [3.63, 3.8) is 0 Å². The van der Waals surface area contributed by atoms with Gasteiger partial charge in [-0.1, -0.05) is 201 Å². The van der Waals surface area contributed by atoms with Gasteiger partial charge in [-0.15, -0.1) is 0 Å². The minimum absolute atomic E-state index is 0.808. The molecule has 1 aliphatic carbocycles. The third kappa shape index (κ3) is 34.6. The maximum absolute atomic E-state index is 4.34. The van der Waals surface area contributed by atoms with Crippen molar-refractivity contribution in [2.24, 2.45) is 16.8 Å². The van der Waals surface area contributed by atoms with Gasteiger partial charge in [-0.05, 0) is 63.2 Å². The number of aryl methyl sites for hydroxylation is 1. The highest BCUT2D eigenvalue weighted by molar-refractivity contribution is 6.12. The van der Waals surface area contributed by atoms with Crippen LogP contribution < -0.4 is 0 Å². The Hall–Kier alpha value is -1.89. The Morgan fingerprint density at radius 3 is 1.48 bits per heavy atom. The summed E-state index contributed by atoms with van der Waals surface area (Å²) in [6.07, 6.45) is 20.0. The predicted molar refractivity (Wildman–Crippen MR) is 211 cm³/mol. The molecule has 0 atom stereocenters. The van der Waals surface area contributed by atoms with Crippen LogP contribution in [-0.4, -0.2) is 6.21 Å². The lowest BCUT2D eigenvalue weighted by Gasteiger charge is -2.15. The molecule has 1 fully saturated rings. The molecule has 44 heavy (non-hydrogen) atoms. The molecule has 2 rings (SSSR count). The fraction of sp³-hybridized carbons (Fsp3) is 0.698. The van der Waals surface area contributed by atoms with Crippen molar-refractivity contribution in [3.05, 3.63) is 59.3 Å². The fourth-order valence-corrected chi connectivity index (χ4v) is 3.55. The average Bonchev–Trinajstić information content (AvgIpc) is 2.99. The number of benzene rings is 1. The molecular weight excluding hydrogens is 530 g/mol. The van der Waals surface area contributed by atoms with E-state index in [9.17, 15) is 0 Å². The van der Waals surface area contributed by atoms with Crippen LogP contribution in [0.25, 0.3) is 11.1 Å². The summed E-state index contributed by atoms with van der Waals surface area (Å²) in [5.41, 5.74) is 7.86. The zero-order valence-corrected chi connectivity index (χ0v) is 33.0. The van der Waals surface area contributed by atoms with Gasteiger partial charge < -0.3 is 0 Å². The molecule has 1 nitrogen and oxygen atoms in total. The SMILES string of the molecule is C=C(C)N=CC(=C(C)C)c1ccc(C)cc1C(=C)C.CC1CCCCC1.CCC(C)C.CCCC.CCCC.CCCCC. The number of unbranched alkanes of at least 4 members (excludes halogenated alkanes) is 4. The summed E-state index contributed by atoms with van der Waals surface area (Å²) in [6, 6.07) is 6.45. The Labute approximate surface area is 280 Å². The molecule has 0 unspecified atom stereocenters. The van der Waals surface area contributed by atoms with Crippen LogP contribution in [0.2, 0.25) is 0 Å². The van der Waals surface area contributed by atoms with Crippen molar-refractivity contribution in [1.29, 1.82) is 0 Å². The highest BCUT2D eigenvalue weighted by atomic mass is 14.7. The lowest BCUT2D eigenvalue weighted by molar-refractivity contribution is 0.385. The average molecular weight is 612 g/mol. The minimum Gasteiger partial charge on any atom is -0.262 e. The molecule has 1 heteroatoms. The van der Waals surface area contributed by atoms with Crippen LogP contribution in [0.5, 0.6) is 0 Å². The lowest BCUT2D eigenvalue weighted by atomic mass is 9.91. The zero-order valence-electron chi connectivity index (χ0n) is 33.0. The first kappa shape index (κ1) is 49.0. The molecule has 0 bridgehead atoms. The number of allylic oxidation sites excluding steroid dienone is 4. The molecule has 0 heterocycles. The van der Waals surface area contributed by atoms with Gasteiger partial charge >= 0.3 is 0 Å². The highest BCUT2D eigenvalue weighted by Gasteiger charge is 2.09. The Kier molecular flexibility index (Phi) is 39.6.